The number of halogens is 2. The van der Waals surface area contributed by atoms with Crippen molar-refractivity contribution in [2.24, 2.45) is 0 Å². The molecule has 0 radical (unpaired) electrons. The van der Waals surface area contributed by atoms with Gasteiger partial charge in [-0.05, 0) is 52.8 Å². The average Bonchev–Trinajstić information content (AvgIpc) is 3.26. The van der Waals surface area contributed by atoms with Crippen molar-refractivity contribution in [2.75, 3.05) is 0 Å². The second kappa shape index (κ2) is 8.68. The highest BCUT2D eigenvalue weighted by Gasteiger charge is 2.25. The number of esters is 1. The Bertz CT molecular complexity index is 1320. The van der Waals surface area contributed by atoms with Crippen molar-refractivity contribution in [3.05, 3.63) is 64.5 Å². The van der Waals surface area contributed by atoms with Gasteiger partial charge in [-0.2, -0.15) is 13.9 Å². The molecular weight excluding hydrogens is 430 g/mol. The number of hydrogen-bond acceptors (Lipinski definition) is 6. The van der Waals surface area contributed by atoms with E-state index in [0.717, 1.165) is 16.0 Å². The van der Waals surface area contributed by atoms with Crippen LogP contribution in [0.2, 0.25) is 0 Å². The van der Waals surface area contributed by atoms with Crippen molar-refractivity contribution in [1.82, 2.24) is 29.3 Å². The molecule has 1 atom stereocenters. The topological polar surface area (TPSA) is 87.7 Å². The fraction of sp³-hybridized carbons (Fsp3) is 0.348. The lowest BCUT2D eigenvalue weighted by Crippen LogP contribution is -2.16. The summed E-state index contributed by atoms with van der Waals surface area (Å²) in [6.07, 6.45) is -1.03. The first-order chi connectivity index (χ1) is 15.7. The standard InChI is InChI=1S/C23H24F2N6O2/c1-12-10-13(2)27-23(26-12)31-15(4)17(14(3)29-31)11-20(32)33-16(5)21-28-18-8-6-7-9-19(18)30(21)22(24)25/h6-10,16,22H,11H2,1-5H3. The van der Waals surface area contributed by atoms with Crippen LogP contribution in [0, 0.1) is 27.7 Å². The second-order valence-electron chi connectivity index (χ2n) is 7.93. The average molecular weight is 454 g/mol. The zero-order chi connectivity index (χ0) is 23.9. The molecule has 33 heavy (non-hydrogen) atoms. The Morgan fingerprint density at radius 3 is 2.39 bits per heavy atom. The van der Waals surface area contributed by atoms with Gasteiger partial charge in [-0.1, -0.05) is 12.1 Å². The Morgan fingerprint density at radius 2 is 1.73 bits per heavy atom. The summed E-state index contributed by atoms with van der Waals surface area (Å²) < 4.78 is 35.3. The Labute approximate surface area is 189 Å². The number of para-hydroxylation sites is 2. The van der Waals surface area contributed by atoms with Gasteiger partial charge in [0.05, 0.1) is 23.1 Å². The molecule has 0 fully saturated rings. The van der Waals surface area contributed by atoms with Gasteiger partial charge in [0.15, 0.2) is 11.9 Å². The number of aryl methyl sites for hydroxylation is 3. The number of nitrogens with zero attached hydrogens (tertiary/aromatic N) is 6. The molecule has 4 rings (SSSR count). The second-order valence-corrected chi connectivity index (χ2v) is 7.93. The summed E-state index contributed by atoms with van der Waals surface area (Å²) in [5.74, 6) is -0.151. The van der Waals surface area contributed by atoms with Crippen molar-refractivity contribution >= 4 is 17.0 Å². The van der Waals surface area contributed by atoms with Gasteiger partial charge in [0.25, 0.3) is 5.95 Å². The summed E-state index contributed by atoms with van der Waals surface area (Å²) in [5.41, 5.74) is 4.34. The summed E-state index contributed by atoms with van der Waals surface area (Å²) in [6, 6.07) is 8.44. The van der Waals surface area contributed by atoms with E-state index in [1.165, 1.54) is 6.92 Å². The number of rotatable bonds is 6. The maximum atomic E-state index is 13.7. The molecule has 10 heteroatoms. The Balaban J connectivity index is 1.57. The predicted molar refractivity (Wildman–Crippen MR) is 117 cm³/mol. The molecule has 3 aromatic heterocycles. The first-order valence-corrected chi connectivity index (χ1v) is 10.5. The third kappa shape index (κ3) is 4.33. The van der Waals surface area contributed by atoms with E-state index in [1.54, 1.807) is 35.9 Å². The normalized spacial score (nSPS) is 12.5. The highest BCUT2D eigenvalue weighted by molar-refractivity contribution is 5.76. The summed E-state index contributed by atoms with van der Waals surface area (Å²) in [6.45, 7) is 6.07. The largest absolute Gasteiger partial charge is 0.454 e. The monoisotopic (exact) mass is 454 g/mol. The van der Waals surface area contributed by atoms with Crippen LogP contribution in [0.5, 0.6) is 0 Å². The van der Waals surface area contributed by atoms with Crippen molar-refractivity contribution in [3.8, 4) is 5.95 Å². The minimum atomic E-state index is -2.81. The van der Waals surface area contributed by atoms with Crippen molar-refractivity contribution < 1.29 is 18.3 Å². The van der Waals surface area contributed by atoms with Gasteiger partial charge < -0.3 is 4.74 Å². The van der Waals surface area contributed by atoms with Crippen LogP contribution in [0.1, 0.15) is 53.7 Å². The van der Waals surface area contributed by atoms with E-state index in [0.29, 0.717) is 28.4 Å². The fourth-order valence-electron chi connectivity index (χ4n) is 3.92. The number of ether oxygens (including phenoxy) is 1. The van der Waals surface area contributed by atoms with E-state index in [-0.39, 0.29) is 17.8 Å². The van der Waals surface area contributed by atoms with Crippen molar-refractivity contribution in [3.63, 3.8) is 0 Å². The van der Waals surface area contributed by atoms with E-state index >= 15 is 0 Å². The molecule has 1 unspecified atom stereocenters. The summed E-state index contributed by atoms with van der Waals surface area (Å²) in [7, 11) is 0. The zero-order valence-electron chi connectivity index (χ0n) is 19.0. The Hall–Kier alpha value is -3.69. The van der Waals surface area contributed by atoms with E-state index in [1.807, 2.05) is 26.8 Å². The number of alkyl halides is 2. The number of imidazole rings is 1. The van der Waals surface area contributed by atoms with Crippen LogP contribution in [-0.2, 0) is 16.0 Å². The van der Waals surface area contributed by atoms with Crippen LogP contribution < -0.4 is 0 Å². The third-order valence-electron chi connectivity index (χ3n) is 5.41. The van der Waals surface area contributed by atoms with E-state index in [4.69, 9.17) is 4.74 Å². The SMILES string of the molecule is Cc1cc(C)nc(-n2nc(C)c(CC(=O)OC(C)c3nc4ccccc4n3C(F)F)c2C)n1. The molecule has 0 N–H and O–H groups in total. The number of aromatic nitrogens is 6. The van der Waals surface area contributed by atoms with E-state index < -0.39 is 18.6 Å². The van der Waals surface area contributed by atoms with Gasteiger partial charge in [0.2, 0.25) is 0 Å². The number of carbonyl (C=O) groups excluding carboxylic acids is 1. The lowest BCUT2D eigenvalue weighted by Gasteiger charge is -2.15. The molecular formula is C23H24F2N6O2. The smallest absolute Gasteiger partial charge is 0.320 e. The fourth-order valence-corrected chi connectivity index (χ4v) is 3.92. The molecule has 0 saturated heterocycles. The molecule has 0 saturated carbocycles. The highest BCUT2D eigenvalue weighted by Crippen LogP contribution is 2.28. The Kier molecular flexibility index (Phi) is 5.92. The molecule has 8 nitrogen and oxygen atoms in total. The minimum absolute atomic E-state index is 0.00711. The number of carbonyl (C=O) groups is 1. The molecule has 1 aromatic carbocycles. The summed E-state index contributed by atoms with van der Waals surface area (Å²) in [4.78, 5) is 25.8. The molecule has 0 bridgehead atoms. The quantitative estimate of drug-likeness (QED) is 0.399. The van der Waals surface area contributed by atoms with Gasteiger partial charge in [-0.25, -0.2) is 19.6 Å². The number of benzene rings is 1. The molecule has 4 aromatic rings. The van der Waals surface area contributed by atoms with Gasteiger partial charge >= 0.3 is 12.5 Å². The molecule has 0 aliphatic heterocycles. The Morgan fingerprint density at radius 1 is 1.06 bits per heavy atom. The highest BCUT2D eigenvalue weighted by atomic mass is 19.3. The molecule has 0 spiro atoms. The van der Waals surface area contributed by atoms with Crippen LogP contribution >= 0.6 is 0 Å². The van der Waals surface area contributed by atoms with Crippen LogP contribution in [0.15, 0.2) is 30.3 Å². The molecule has 172 valence electrons. The van der Waals surface area contributed by atoms with Crippen LogP contribution in [0.3, 0.4) is 0 Å². The lowest BCUT2D eigenvalue weighted by atomic mass is 10.1. The maximum absolute atomic E-state index is 13.7. The number of fused-ring (bicyclic) bond motifs is 1. The minimum Gasteiger partial charge on any atom is -0.454 e. The molecule has 0 aliphatic rings. The zero-order valence-corrected chi connectivity index (χ0v) is 19.0. The predicted octanol–water partition coefficient (Wildman–Crippen LogP) is 4.49. The van der Waals surface area contributed by atoms with Crippen LogP contribution in [0.4, 0.5) is 8.78 Å². The summed E-state index contributed by atoms with van der Waals surface area (Å²) in [5, 5.41) is 4.49. The van der Waals surface area contributed by atoms with Gasteiger partial charge in [0.1, 0.15) is 0 Å². The van der Waals surface area contributed by atoms with Crippen LogP contribution in [0.25, 0.3) is 17.0 Å². The lowest BCUT2D eigenvalue weighted by molar-refractivity contribution is -0.148. The van der Waals surface area contributed by atoms with Gasteiger partial charge in [-0.3, -0.25) is 9.36 Å². The van der Waals surface area contributed by atoms with Gasteiger partial charge in [0, 0.05) is 22.6 Å². The van der Waals surface area contributed by atoms with E-state index in [2.05, 4.69) is 20.1 Å². The van der Waals surface area contributed by atoms with Crippen molar-refractivity contribution in [2.45, 2.75) is 53.7 Å². The van der Waals surface area contributed by atoms with Gasteiger partial charge in [-0.15, -0.1) is 0 Å². The first kappa shape index (κ1) is 22.5. The van der Waals surface area contributed by atoms with Crippen molar-refractivity contribution in [1.29, 1.82) is 0 Å². The molecule has 0 amide bonds. The number of hydrogen-bond donors (Lipinski definition) is 0. The summed E-state index contributed by atoms with van der Waals surface area (Å²) >= 11 is 0. The van der Waals surface area contributed by atoms with E-state index in [9.17, 15) is 13.6 Å². The first-order valence-electron chi connectivity index (χ1n) is 10.5. The molecule has 3 heterocycles. The van der Waals surface area contributed by atoms with Crippen LogP contribution in [-0.4, -0.2) is 35.3 Å². The molecule has 0 aliphatic carbocycles. The third-order valence-corrected chi connectivity index (χ3v) is 5.41. The maximum Gasteiger partial charge on any atom is 0.320 e.